The molecule has 0 aliphatic carbocycles. The fraction of sp³-hybridized carbons (Fsp3) is 0.588. The van der Waals surface area contributed by atoms with Gasteiger partial charge in [-0.15, -0.1) is 0 Å². The van der Waals surface area contributed by atoms with Gasteiger partial charge in [-0.05, 0) is 57.5 Å². The first-order valence-electron chi connectivity index (χ1n) is 7.79. The molecule has 0 unspecified atom stereocenters. The van der Waals surface area contributed by atoms with E-state index in [0.717, 1.165) is 38.0 Å². The van der Waals surface area contributed by atoms with Crippen LogP contribution in [0, 0.1) is 11.7 Å². The van der Waals surface area contributed by atoms with Crippen LogP contribution in [0.2, 0.25) is 0 Å². The summed E-state index contributed by atoms with van der Waals surface area (Å²) in [5, 5.41) is 12.1. The Morgan fingerprint density at radius 2 is 1.91 bits per heavy atom. The molecule has 0 aromatic heterocycles. The van der Waals surface area contributed by atoms with Crippen LogP contribution < -0.4 is 5.32 Å². The molecule has 1 heterocycles. The summed E-state index contributed by atoms with van der Waals surface area (Å²) < 4.78 is 12.9. The van der Waals surface area contributed by atoms with E-state index in [1.54, 1.807) is 12.1 Å². The Kier molecular flexibility index (Phi) is 5.53. The smallest absolute Gasteiger partial charge is 0.223 e. The summed E-state index contributed by atoms with van der Waals surface area (Å²) in [6.45, 7) is 6.06. The zero-order valence-corrected chi connectivity index (χ0v) is 13.3. The van der Waals surface area contributed by atoms with Gasteiger partial charge in [0.15, 0.2) is 0 Å². The summed E-state index contributed by atoms with van der Waals surface area (Å²) in [6.07, 6.45) is 1.63. The molecule has 122 valence electrons. The second-order valence-corrected chi connectivity index (χ2v) is 6.71. The summed E-state index contributed by atoms with van der Waals surface area (Å²) in [7, 11) is 0. The van der Waals surface area contributed by atoms with Crippen molar-refractivity contribution in [3.8, 4) is 0 Å². The molecular weight excluding hydrogens is 283 g/mol. The molecule has 0 atom stereocenters. The number of nitrogens with zero attached hydrogens (tertiary/aromatic N) is 1. The van der Waals surface area contributed by atoms with E-state index in [-0.39, 0.29) is 24.2 Å². The first-order chi connectivity index (χ1) is 10.4. The van der Waals surface area contributed by atoms with Gasteiger partial charge in [0.1, 0.15) is 5.82 Å². The minimum atomic E-state index is -0.567. The van der Waals surface area contributed by atoms with E-state index in [4.69, 9.17) is 0 Å². The molecule has 0 spiro atoms. The molecule has 4 nitrogen and oxygen atoms in total. The number of hydrogen-bond acceptors (Lipinski definition) is 3. The van der Waals surface area contributed by atoms with Gasteiger partial charge in [-0.1, -0.05) is 12.1 Å². The van der Waals surface area contributed by atoms with Gasteiger partial charge in [-0.3, -0.25) is 9.69 Å². The van der Waals surface area contributed by atoms with Crippen LogP contribution in [0.5, 0.6) is 0 Å². The average Bonchev–Trinajstić information content (AvgIpc) is 2.50. The summed E-state index contributed by atoms with van der Waals surface area (Å²) in [4.78, 5) is 14.5. The monoisotopic (exact) mass is 308 g/mol. The number of carbonyl (C=O) groups is 1. The van der Waals surface area contributed by atoms with E-state index in [1.807, 2.05) is 13.8 Å². The predicted molar refractivity (Wildman–Crippen MR) is 83.7 cm³/mol. The van der Waals surface area contributed by atoms with Crippen LogP contribution in [0.25, 0.3) is 0 Å². The third-order valence-corrected chi connectivity index (χ3v) is 4.13. The maximum Gasteiger partial charge on any atom is 0.223 e. The number of nitrogens with one attached hydrogen (secondary N) is 1. The van der Waals surface area contributed by atoms with Crippen molar-refractivity contribution in [2.45, 2.75) is 38.8 Å². The molecule has 2 rings (SSSR count). The van der Waals surface area contributed by atoms with E-state index in [2.05, 4.69) is 10.2 Å². The molecule has 1 amide bonds. The highest BCUT2D eigenvalue weighted by molar-refractivity contribution is 5.79. The van der Waals surface area contributed by atoms with Crippen LogP contribution in [0.15, 0.2) is 24.3 Å². The second kappa shape index (κ2) is 7.20. The van der Waals surface area contributed by atoms with E-state index in [1.165, 1.54) is 12.1 Å². The predicted octanol–water partition coefficient (Wildman–Crippen LogP) is 1.92. The molecule has 22 heavy (non-hydrogen) atoms. The number of aliphatic hydroxyl groups is 1. The highest BCUT2D eigenvalue weighted by atomic mass is 19.1. The lowest BCUT2D eigenvalue weighted by molar-refractivity contribution is -0.128. The average molecular weight is 308 g/mol. The quantitative estimate of drug-likeness (QED) is 0.874. The third-order valence-electron chi connectivity index (χ3n) is 4.13. The summed E-state index contributed by atoms with van der Waals surface area (Å²) in [6, 6.07) is 6.56. The first kappa shape index (κ1) is 16.9. The van der Waals surface area contributed by atoms with Gasteiger partial charge in [0.05, 0.1) is 12.1 Å². The molecule has 1 aromatic carbocycles. The van der Waals surface area contributed by atoms with Crippen molar-refractivity contribution in [2.75, 3.05) is 19.7 Å². The van der Waals surface area contributed by atoms with E-state index >= 15 is 0 Å². The number of amides is 1. The molecule has 1 fully saturated rings. The summed E-state index contributed by atoms with van der Waals surface area (Å²) in [5.74, 6) is -0.179. The van der Waals surface area contributed by atoms with Crippen molar-refractivity contribution in [1.82, 2.24) is 10.2 Å². The van der Waals surface area contributed by atoms with Crippen molar-refractivity contribution in [3.63, 3.8) is 0 Å². The zero-order valence-electron chi connectivity index (χ0n) is 13.3. The normalized spacial score (nSPS) is 17.5. The van der Waals surface area contributed by atoms with Crippen LogP contribution >= 0.6 is 0 Å². The van der Waals surface area contributed by atoms with Crippen molar-refractivity contribution >= 4 is 5.91 Å². The molecular formula is C17H25FN2O2. The van der Waals surface area contributed by atoms with Crippen LogP contribution in [0.3, 0.4) is 0 Å². The van der Waals surface area contributed by atoms with Gasteiger partial charge >= 0.3 is 0 Å². The number of carbonyl (C=O) groups excluding carboxylic acids is 1. The number of halogens is 1. The molecule has 1 aliphatic heterocycles. The van der Waals surface area contributed by atoms with E-state index in [0.29, 0.717) is 0 Å². The lowest BCUT2D eigenvalue weighted by Crippen LogP contribution is -2.50. The van der Waals surface area contributed by atoms with Gasteiger partial charge < -0.3 is 10.4 Å². The van der Waals surface area contributed by atoms with Crippen molar-refractivity contribution in [3.05, 3.63) is 35.6 Å². The molecule has 1 saturated heterocycles. The van der Waals surface area contributed by atoms with Gasteiger partial charge in [0, 0.05) is 12.5 Å². The van der Waals surface area contributed by atoms with Crippen molar-refractivity contribution in [1.29, 1.82) is 0 Å². The van der Waals surface area contributed by atoms with Crippen LogP contribution in [-0.4, -0.2) is 41.1 Å². The number of aliphatic hydroxyl groups excluding tert-OH is 1. The molecule has 1 aromatic rings. The SMILES string of the molecule is CC(C)(CO)NC(=O)C1CCN(Cc2ccc(F)cc2)CC1. The number of benzene rings is 1. The molecule has 1 aliphatic rings. The second-order valence-electron chi connectivity index (χ2n) is 6.71. The lowest BCUT2D eigenvalue weighted by Gasteiger charge is -2.33. The summed E-state index contributed by atoms with van der Waals surface area (Å²) >= 11 is 0. The number of rotatable bonds is 5. The first-order valence-corrected chi connectivity index (χ1v) is 7.79. The van der Waals surface area contributed by atoms with Gasteiger partial charge in [-0.25, -0.2) is 4.39 Å². The Labute approximate surface area is 131 Å². The largest absolute Gasteiger partial charge is 0.394 e. The highest BCUT2D eigenvalue weighted by Gasteiger charge is 2.28. The fourth-order valence-electron chi connectivity index (χ4n) is 2.68. The minimum Gasteiger partial charge on any atom is -0.394 e. The number of hydrogen-bond donors (Lipinski definition) is 2. The number of likely N-dealkylation sites (tertiary alicyclic amines) is 1. The molecule has 2 N–H and O–H groups in total. The Morgan fingerprint density at radius 3 is 2.45 bits per heavy atom. The Bertz CT molecular complexity index is 494. The molecule has 5 heteroatoms. The Morgan fingerprint density at radius 1 is 1.32 bits per heavy atom. The van der Waals surface area contributed by atoms with Crippen molar-refractivity contribution in [2.24, 2.45) is 5.92 Å². The maximum absolute atomic E-state index is 12.9. The zero-order chi connectivity index (χ0) is 16.2. The molecule has 0 saturated carbocycles. The summed E-state index contributed by atoms with van der Waals surface area (Å²) in [5.41, 5.74) is 0.521. The number of piperidine rings is 1. The molecule has 0 radical (unpaired) electrons. The fourth-order valence-corrected chi connectivity index (χ4v) is 2.68. The van der Waals surface area contributed by atoms with Crippen LogP contribution in [-0.2, 0) is 11.3 Å². The third kappa shape index (κ3) is 4.78. The molecule has 0 bridgehead atoms. The van der Waals surface area contributed by atoms with E-state index in [9.17, 15) is 14.3 Å². The van der Waals surface area contributed by atoms with Crippen molar-refractivity contribution < 1.29 is 14.3 Å². The van der Waals surface area contributed by atoms with Crippen LogP contribution in [0.1, 0.15) is 32.3 Å². The topological polar surface area (TPSA) is 52.6 Å². The van der Waals surface area contributed by atoms with Gasteiger partial charge in [0.25, 0.3) is 0 Å². The highest BCUT2D eigenvalue weighted by Crippen LogP contribution is 2.20. The minimum absolute atomic E-state index is 0.00953. The Balaban J connectivity index is 1.80. The van der Waals surface area contributed by atoms with E-state index < -0.39 is 5.54 Å². The maximum atomic E-state index is 12.9. The standard InChI is InChI=1S/C17H25FN2O2/c1-17(2,12-21)19-16(22)14-7-9-20(10-8-14)11-13-3-5-15(18)6-4-13/h3-6,14,21H,7-12H2,1-2H3,(H,19,22). The van der Waals surface area contributed by atoms with Gasteiger partial charge in [-0.2, -0.15) is 0 Å². The lowest BCUT2D eigenvalue weighted by atomic mass is 9.94. The van der Waals surface area contributed by atoms with Crippen LogP contribution in [0.4, 0.5) is 4.39 Å². The van der Waals surface area contributed by atoms with Gasteiger partial charge in [0.2, 0.25) is 5.91 Å². The Hall–Kier alpha value is -1.46.